The van der Waals surface area contributed by atoms with E-state index in [0.29, 0.717) is 5.57 Å². The Labute approximate surface area is 72.8 Å². The van der Waals surface area contributed by atoms with Gasteiger partial charge in [0.05, 0.1) is 0 Å². The predicted octanol–water partition coefficient (Wildman–Crippen LogP) is 1.25. The van der Waals surface area contributed by atoms with E-state index in [2.05, 4.69) is 11.9 Å². The molecule has 0 bridgehead atoms. The molecule has 3 nitrogen and oxygen atoms in total. The monoisotopic (exact) mass is 169 g/mol. The molecular formula is C9H15NO2. The Balaban J connectivity index is 4.21. The van der Waals surface area contributed by atoms with E-state index < -0.39 is 11.3 Å². The third-order valence-electron chi connectivity index (χ3n) is 1.30. The van der Waals surface area contributed by atoms with Crippen LogP contribution in [0.1, 0.15) is 27.7 Å². The Morgan fingerprint density at radius 2 is 1.67 bits per heavy atom. The summed E-state index contributed by atoms with van der Waals surface area (Å²) in [5.74, 6) is -0.689. The molecule has 12 heavy (non-hydrogen) atoms. The van der Waals surface area contributed by atoms with Gasteiger partial charge >= 0.3 is 0 Å². The summed E-state index contributed by atoms with van der Waals surface area (Å²) in [5.41, 5.74) is -0.196. The fourth-order valence-electron chi connectivity index (χ4n) is 0.397. The van der Waals surface area contributed by atoms with Gasteiger partial charge in [-0.25, -0.2) is 0 Å². The number of nitrogens with one attached hydrogen (secondary N) is 1. The second kappa shape index (κ2) is 3.52. The summed E-state index contributed by atoms with van der Waals surface area (Å²) in [6.45, 7) is 10.2. The van der Waals surface area contributed by atoms with E-state index in [4.69, 9.17) is 0 Å². The molecular weight excluding hydrogens is 154 g/mol. The summed E-state index contributed by atoms with van der Waals surface area (Å²) >= 11 is 0. The zero-order valence-corrected chi connectivity index (χ0v) is 8.02. The molecule has 0 saturated heterocycles. The molecule has 0 fully saturated rings. The lowest BCUT2D eigenvalue weighted by molar-refractivity contribution is -0.133. The summed E-state index contributed by atoms with van der Waals surface area (Å²) in [6.07, 6.45) is 0. The van der Waals surface area contributed by atoms with Crippen molar-refractivity contribution in [2.24, 2.45) is 5.41 Å². The van der Waals surface area contributed by atoms with Crippen LogP contribution in [-0.2, 0) is 9.59 Å². The number of hydrogen-bond acceptors (Lipinski definition) is 2. The topological polar surface area (TPSA) is 46.2 Å². The highest BCUT2D eigenvalue weighted by atomic mass is 16.2. The minimum atomic E-state index is -0.537. The van der Waals surface area contributed by atoms with Gasteiger partial charge in [-0.15, -0.1) is 0 Å². The van der Waals surface area contributed by atoms with Gasteiger partial charge in [0.15, 0.2) is 0 Å². The highest BCUT2D eigenvalue weighted by Gasteiger charge is 2.22. The Bertz CT molecular complexity index is 223. The molecule has 0 aliphatic rings. The van der Waals surface area contributed by atoms with Crippen LogP contribution in [-0.4, -0.2) is 11.8 Å². The zero-order chi connectivity index (χ0) is 9.94. The Morgan fingerprint density at radius 3 is 1.92 bits per heavy atom. The third-order valence-corrected chi connectivity index (χ3v) is 1.30. The fraction of sp³-hybridized carbons (Fsp3) is 0.556. The molecule has 0 saturated carbocycles. The highest BCUT2D eigenvalue weighted by Crippen LogP contribution is 2.12. The smallest absolute Gasteiger partial charge is 0.252 e. The summed E-state index contributed by atoms with van der Waals surface area (Å²) < 4.78 is 0. The quantitative estimate of drug-likeness (QED) is 0.600. The van der Waals surface area contributed by atoms with Crippen LogP contribution in [0.5, 0.6) is 0 Å². The van der Waals surface area contributed by atoms with Crippen molar-refractivity contribution in [2.45, 2.75) is 27.7 Å². The number of hydrogen-bond donors (Lipinski definition) is 1. The second-order valence-corrected chi connectivity index (χ2v) is 3.81. The predicted molar refractivity (Wildman–Crippen MR) is 47.4 cm³/mol. The molecule has 0 aromatic rings. The highest BCUT2D eigenvalue weighted by molar-refractivity contribution is 6.04. The van der Waals surface area contributed by atoms with Crippen LogP contribution >= 0.6 is 0 Å². The normalized spacial score (nSPS) is 10.7. The van der Waals surface area contributed by atoms with Gasteiger partial charge in [0.2, 0.25) is 5.91 Å². The van der Waals surface area contributed by atoms with Gasteiger partial charge < -0.3 is 0 Å². The molecule has 0 atom stereocenters. The fourth-order valence-corrected chi connectivity index (χ4v) is 0.397. The first kappa shape index (κ1) is 10.9. The summed E-state index contributed by atoms with van der Waals surface area (Å²) in [7, 11) is 0. The largest absolute Gasteiger partial charge is 0.292 e. The van der Waals surface area contributed by atoms with Gasteiger partial charge in [0, 0.05) is 11.0 Å². The maximum Gasteiger partial charge on any atom is 0.252 e. The molecule has 2 amide bonds. The lowest BCUT2D eigenvalue weighted by Crippen LogP contribution is -2.39. The van der Waals surface area contributed by atoms with Gasteiger partial charge in [-0.2, -0.15) is 0 Å². The lowest BCUT2D eigenvalue weighted by Gasteiger charge is -2.16. The van der Waals surface area contributed by atoms with Crippen LogP contribution in [0.3, 0.4) is 0 Å². The van der Waals surface area contributed by atoms with Crippen LogP contribution in [0.25, 0.3) is 0 Å². The van der Waals surface area contributed by atoms with E-state index in [1.54, 1.807) is 27.7 Å². The average Bonchev–Trinajstić information content (AvgIpc) is 1.85. The molecule has 0 radical (unpaired) electrons. The van der Waals surface area contributed by atoms with Crippen molar-refractivity contribution in [1.29, 1.82) is 0 Å². The number of carbonyl (C=O) groups excluding carboxylic acids is 2. The van der Waals surface area contributed by atoms with Crippen LogP contribution in [0, 0.1) is 5.41 Å². The van der Waals surface area contributed by atoms with E-state index in [-0.39, 0.29) is 5.91 Å². The van der Waals surface area contributed by atoms with E-state index in [9.17, 15) is 9.59 Å². The minimum Gasteiger partial charge on any atom is -0.292 e. The molecule has 0 aromatic carbocycles. The van der Waals surface area contributed by atoms with Crippen molar-refractivity contribution in [1.82, 2.24) is 5.32 Å². The summed E-state index contributed by atoms with van der Waals surface area (Å²) in [6, 6.07) is 0. The van der Waals surface area contributed by atoms with Gasteiger partial charge in [0.1, 0.15) is 0 Å². The molecule has 0 spiro atoms. The van der Waals surface area contributed by atoms with Gasteiger partial charge in [-0.05, 0) is 6.92 Å². The number of amides is 2. The number of rotatable bonds is 1. The van der Waals surface area contributed by atoms with Gasteiger partial charge in [0.25, 0.3) is 5.91 Å². The van der Waals surface area contributed by atoms with E-state index >= 15 is 0 Å². The third kappa shape index (κ3) is 3.32. The first-order chi connectivity index (χ1) is 5.25. The zero-order valence-electron chi connectivity index (χ0n) is 8.02. The van der Waals surface area contributed by atoms with Crippen LogP contribution in [0.4, 0.5) is 0 Å². The van der Waals surface area contributed by atoms with Crippen molar-refractivity contribution < 1.29 is 9.59 Å². The minimum absolute atomic E-state index is 0.282. The van der Waals surface area contributed by atoms with E-state index in [1.165, 1.54) is 0 Å². The standard InChI is InChI=1S/C9H15NO2/c1-6(2)7(11)10-8(12)9(3,4)5/h1H2,2-5H3,(H,10,11,12). The summed E-state index contributed by atoms with van der Waals surface area (Å²) in [4.78, 5) is 22.2. The number of imide groups is 1. The molecule has 3 heteroatoms. The van der Waals surface area contributed by atoms with Crippen molar-refractivity contribution in [3.05, 3.63) is 12.2 Å². The summed E-state index contributed by atoms with van der Waals surface area (Å²) in [5, 5.41) is 2.24. The van der Waals surface area contributed by atoms with Crippen LogP contribution < -0.4 is 5.32 Å². The van der Waals surface area contributed by atoms with Crippen molar-refractivity contribution in [3.63, 3.8) is 0 Å². The Kier molecular flexibility index (Phi) is 3.19. The molecule has 68 valence electrons. The van der Waals surface area contributed by atoms with Crippen LogP contribution in [0.2, 0.25) is 0 Å². The maximum atomic E-state index is 11.2. The van der Waals surface area contributed by atoms with E-state index in [0.717, 1.165) is 0 Å². The van der Waals surface area contributed by atoms with Crippen molar-refractivity contribution >= 4 is 11.8 Å². The van der Waals surface area contributed by atoms with E-state index in [1.807, 2.05) is 0 Å². The second-order valence-electron chi connectivity index (χ2n) is 3.81. The van der Waals surface area contributed by atoms with Crippen molar-refractivity contribution in [3.8, 4) is 0 Å². The first-order valence-corrected chi connectivity index (χ1v) is 3.76. The van der Waals surface area contributed by atoms with Crippen LogP contribution in [0.15, 0.2) is 12.2 Å². The molecule has 0 aliphatic heterocycles. The lowest BCUT2D eigenvalue weighted by atomic mass is 9.95. The average molecular weight is 169 g/mol. The Hall–Kier alpha value is -1.12. The van der Waals surface area contributed by atoms with Gasteiger partial charge in [-0.3, -0.25) is 14.9 Å². The molecule has 0 aliphatic carbocycles. The Morgan fingerprint density at radius 1 is 1.25 bits per heavy atom. The molecule has 0 heterocycles. The molecule has 0 aromatic heterocycles. The van der Waals surface area contributed by atoms with Gasteiger partial charge in [-0.1, -0.05) is 27.4 Å². The first-order valence-electron chi connectivity index (χ1n) is 3.76. The molecule has 0 rings (SSSR count). The molecule has 1 N–H and O–H groups in total. The van der Waals surface area contributed by atoms with Crippen molar-refractivity contribution in [2.75, 3.05) is 0 Å². The molecule has 0 unspecified atom stereocenters. The number of carbonyl (C=O) groups is 2. The maximum absolute atomic E-state index is 11.2. The SMILES string of the molecule is C=C(C)C(=O)NC(=O)C(C)(C)C.